The topological polar surface area (TPSA) is 70.6 Å². The molecule has 1 N–H and O–H groups in total. The molecule has 0 bridgehead atoms. The van der Waals surface area contributed by atoms with Crippen LogP contribution in [0.5, 0.6) is 11.5 Å². The quantitative estimate of drug-likeness (QED) is 0.355. The molecule has 0 spiro atoms. The predicted octanol–water partition coefficient (Wildman–Crippen LogP) is 5.34. The molecule has 0 saturated heterocycles. The number of para-hydroxylation sites is 1. The summed E-state index contributed by atoms with van der Waals surface area (Å²) in [5.41, 5.74) is 0.946. The third-order valence-electron chi connectivity index (χ3n) is 4.31. The number of hydrogen-bond donors (Lipinski definition) is 1. The molecule has 0 aliphatic heterocycles. The lowest BCUT2D eigenvalue weighted by atomic mass is 10.3. The maximum absolute atomic E-state index is 12.4. The van der Waals surface area contributed by atoms with Gasteiger partial charge in [0, 0.05) is 36.6 Å². The smallest absolute Gasteiger partial charge is 0.232 e. The number of aromatic nitrogens is 2. The molecule has 1 amide bonds. The molecule has 2 heterocycles. The number of nitrogens with zero attached hydrogens (tertiary/aromatic N) is 4. The number of halogens is 2. The van der Waals surface area contributed by atoms with Crippen LogP contribution in [-0.2, 0) is 4.79 Å². The Morgan fingerprint density at radius 3 is 2.52 bits per heavy atom. The fourth-order valence-corrected chi connectivity index (χ4v) is 4.05. The largest absolute Gasteiger partial charge is 0.453 e. The number of rotatable bonds is 10. The molecule has 0 radical (unpaired) electrons. The minimum atomic E-state index is 0. The van der Waals surface area contributed by atoms with E-state index in [1.54, 1.807) is 11.1 Å². The lowest BCUT2D eigenvalue weighted by molar-refractivity contribution is -0.127. The van der Waals surface area contributed by atoms with Crippen LogP contribution in [-0.4, -0.2) is 65.7 Å². The normalized spacial score (nSPS) is 10.2. The molecular formula is C22H29Cl2N5O2S2. The van der Waals surface area contributed by atoms with Crippen molar-refractivity contribution < 1.29 is 9.53 Å². The van der Waals surface area contributed by atoms with Gasteiger partial charge in [-0.3, -0.25) is 4.79 Å². The molecule has 1 aromatic carbocycles. The molecule has 3 rings (SSSR count). The number of anilines is 2. The summed E-state index contributed by atoms with van der Waals surface area (Å²) in [5, 5.41) is 5.96. The van der Waals surface area contributed by atoms with Crippen LogP contribution < -0.4 is 10.1 Å². The Balaban J connectivity index is 0.00000272. The highest BCUT2D eigenvalue weighted by Gasteiger charge is 2.14. The number of nitrogens with one attached hydrogen (secondary N) is 1. The van der Waals surface area contributed by atoms with Gasteiger partial charge >= 0.3 is 0 Å². The summed E-state index contributed by atoms with van der Waals surface area (Å²) in [6, 6.07) is 11.5. The summed E-state index contributed by atoms with van der Waals surface area (Å²) in [5.74, 6) is 2.30. The van der Waals surface area contributed by atoms with Gasteiger partial charge in [0.2, 0.25) is 5.91 Å². The van der Waals surface area contributed by atoms with Gasteiger partial charge in [-0.1, -0.05) is 18.2 Å². The second-order valence-corrected chi connectivity index (χ2v) is 9.17. The zero-order valence-electron chi connectivity index (χ0n) is 19.0. The van der Waals surface area contributed by atoms with Crippen molar-refractivity contribution in [2.45, 2.75) is 11.8 Å². The van der Waals surface area contributed by atoms with Gasteiger partial charge in [0.1, 0.15) is 5.75 Å². The highest BCUT2D eigenvalue weighted by atomic mass is 35.5. The Hall–Kier alpha value is -2.04. The van der Waals surface area contributed by atoms with E-state index in [2.05, 4.69) is 20.2 Å². The maximum atomic E-state index is 12.4. The molecule has 0 aliphatic carbocycles. The zero-order valence-corrected chi connectivity index (χ0v) is 22.2. The van der Waals surface area contributed by atoms with Crippen molar-refractivity contribution in [3.63, 3.8) is 0 Å². The van der Waals surface area contributed by atoms with Crippen molar-refractivity contribution >= 4 is 64.8 Å². The summed E-state index contributed by atoms with van der Waals surface area (Å²) in [6.45, 7) is 3.48. The Kier molecular flexibility index (Phi) is 12.5. The second kappa shape index (κ2) is 14.3. The number of thioether (sulfide) groups is 1. The first-order valence-electron chi connectivity index (χ1n) is 9.84. The monoisotopic (exact) mass is 529 g/mol. The number of likely N-dealkylation sites (N-methyl/N-ethyl adjacent to an activating group) is 2. The molecular weight excluding hydrogens is 501 g/mol. The van der Waals surface area contributed by atoms with Crippen LogP contribution in [0.15, 0.2) is 52.9 Å². The molecule has 0 unspecified atom stereocenters. The lowest BCUT2D eigenvalue weighted by Gasteiger charge is -2.19. The number of carbonyl (C=O) groups excluding carboxylic acids is 1. The van der Waals surface area contributed by atoms with Crippen LogP contribution >= 0.6 is 47.9 Å². The fraction of sp³-hybridized carbons (Fsp3) is 0.318. The van der Waals surface area contributed by atoms with Gasteiger partial charge in [0.05, 0.1) is 11.4 Å². The summed E-state index contributed by atoms with van der Waals surface area (Å²) in [4.78, 5) is 26.1. The summed E-state index contributed by atoms with van der Waals surface area (Å²) < 4.78 is 6.09. The number of thiazole rings is 1. The van der Waals surface area contributed by atoms with Crippen molar-refractivity contribution in [3.05, 3.63) is 53.7 Å². The molecule has 2 aromatic heterocycles. The van der Waals surface area contributed by atoms with E-state index in [0.29, 0.717) is 29.6 Å². The summed E-state index contributed by atoms with van der Waals surface area (Å²) >= 11 is 2.96. The van der Waals surface area contributed by atoms with Gasteiger partial charge < -0.3 is 19.9 Å². The van der Waals surface area contributed by atoms with Crippen molar-refractivity contribution in [1.29, 1.82) is 0 Å². The van der Waals surface area contributed by atoms with E-state index in [0.717, 1.165) is 22.3 Å². The summed E-state index contributed by atoms with van der Waals surface area (Å²) in [7, 11) is 5.82. The van der Waals surface area contributed by atoms with E-state index in [4.69, 9.17) is 4.74 Å². The van der Waals surface area contributed by atoms with Gasteiger partial charge in [-0.15, -0.1) is 47.9 Å². The van der Waals surface area contributed by atoms with Gasteiger partial charge in [-0.2, -0.15) is 0 Å². The molecule has 0 fully saturated rings. The standard InChI is InChI=1S/C22H27N5O2S2.2ClH/c1-16-14-31-22(24-16)25-21-19(29-17-8-6-5-7-9-17)12-18(13-23-21)30-15-20(28)27(4)11-10-26(2)3;;/h5-9,12-14H,10-11,15H2,1-4H3,(H,23,24,25);2*1H. The van der Waals surface area contributed by atoms with E-state index < -0.39 is 0 Å². The Bertz CT molecular complexity index is 1010. The zero-order chi connectivity index (χ0) is 22.2. The maximum Gasteiger partial charge on any atom is 0.232 e. The molecule has 7 nitrogen and oxygen atoms in total. The van der Waals surface area contributed by atoms with Crippen LogP contribution in [0.1, 0.15) is 5.69 Å². The average Bonchev–Trinajstić information content (AvgIpc) is 3.17. The van der Waals surface area contributed by atoms with Crippen LogP contribution in [0, 0.1) is 6.92 Å². The van der Waals surface area contributed by atoms with Gasteiger partial charge in [-0.25, -0.2) is 9.97 Å². The fourth-order valence-electron chi connectivity index (χ4n) is 2.54. The molecule has 3 aromatic rings. The van der Waals surface area contributed by atoms with E-state index in [1.807, 2.05) is 69.8 Å². The van der Waals surface area contributed by atoms with Crippen LogP contribution in [0.25, 0.3) is 0 Å². The number of benzene rings is 1. The molecule has 0 atom stereocenters. The number of hydrogen-bond acceptors (Lipinski definition) is 8. The predicted molar refractivity (Wildman–Crippen MR) is 142 cm³/mol. The minimum Gasteiger partial charge on any atom is -0.453 e. The van der Waals surface area contributed by atoms with Gasteiger partial charge in [0.25, 0.3) is 0 Å². The Morgan fingerprint density at radius 1 is 1.15 bits per heavy atom. The number of carbonyl (C=O) groups is 1. The van der Waals surface area contributed by atoms with Gasteiger partial charge in [0.15, 0.2) is 16.7 Å². The number of amides is 1. The van der Waals surface area contributed by atoms with E-state index in [-0.39, 0.29) is 30.7 Å². The van der Waals surface area contributed by atoms with E-state index in [1.165, 1.54) is 23.1 Å². The third-order valence-corrected chi connectivity index (χ3v) is 6.14. The van der Waals surface area contributed by atoms with E-state index >= 15 is 0 Å². The van der Waals surface area contributed by atoms with Crippen LogP contribution in [0.4, 0.5) is 10.9 Å². The minimum absolute atomic E-state index is 0. The van der Waals surface area contributed by atoms with Crippen molar-refractivity contribution in [1.82, 2.24) is 19.8 Å². The van der Waals surface area contributed by atoms with E-state index in [9.17, 15) is 4.79 Å². The molecule has 11 heteroatoms. The van der Waals surface area contributed by atoms with Crippen molar-refractivity contribution in [2.75, 3.05) is 45.3 Å². The van der Waals surface area contributed by atoms with Gasteiger partial charge in [-0.05, 0) is 39.2 Å². The van der Waals surface area contributed by atoms with Crippen LogP contribution in [0.3, 0.4) is 0 Å². The summed E-state index contributed by atoms with van der Waals surface area (Å²) in [6.07, 6.45) is 1.75. The number of aryl methyl sites for hydroxylation is 1. The average molecular weight is 531 g/mol. The number of ether oxygens (including phenoxy) is 1. The second-order valence-electron chi connectivity index (χ2n) is 7.26. The molecule has 0 saturated carbocycles. The Labute approximate surface area is 215 Å². The highest BCUT2D eigenvalue weighted by Crippen LogP contribution is 2.34. The Morgan fingerprint density at radius 2 is 1.88 bits per heavy atom. The third kappa shape index (κ3) is 9.38. The molecule has 180 valence electrons. The van der Waals surface area contributed by atoms with Crippen molar-refractivity contribution in [2.24, 2.45) is 0 Å². The molecule has 33 heavy (non-hydrogen) atoms. The molecule has 0 aliphatic rings. The number of pyridine rings is 1. The van der Waals surface area contributed by atoms with Crippen molar-refractivity contribution in [3.8, 4) is 11.5 Å². The lowest BCUT2D eigenvalue weighted by Crippen LogP contribution is -2.34. The highest BCUT2D eigenvalue weighted by molar-refractivity contribution is 8.00. The van der Waals surface area contributed by atoms with Crippen LogP contribution in [0.2, 0.25) is 0 Å². The SMILES string of the molecule is Cc1csc(Nc2ncc(SCC(=O)N(C)CCN(C)C)cc2Oc2ccccc2)n1.Cl.Cl. The first-order chi connectivity index (χ1) is 14.9. The first-order valence-corrected chi connectivity index (χ1v) is 11.7. The first kappa shape index (κ1) is 29.0.